The van der Waals surface area contributed by atoms with Gasteiger partial charge in [0.1, 0.15) is 11.9 Å². The molecule has 0 amide bonds. The Kier molecular flexibility index (Phi) is 8.50. The number of halogens is 2. The number of carbonyl (C=O) groups is 2. The van der Waals surface area contributed by atoms with Gasteiger partial charge >= 0.3 is 11.9 Å². The van der Waals surface area contributed by atoms with E-state index in [2.05, 4.69) is 16.0 Å². The van der Waals surface area contributed by atoms with E-state index < -0.39 is 11.9 Å². The molecule has 0 saturated carbocycles. The first-order valence-electron chi connectivity index (χ1n) is 10.2. The van der Waals surface area contributed by atoms with Crippen LogP contribution in [0.5, 0.6) is 5.75 Å². The van der Waals surface area contributed by atoms with Crippen LogP contribution in [-0.4, -0.2) is 50.2 Å². The molecule has 2 unspecified atom stereocenters. The predicted molar refractivity (Wildman–Crippen MR) is 121 cm³/mol. The molecule has 0 spiro atoms. The molecule has 170 valence electrons. The molecule has 32 heavy (non-hydrogen) atoms. The number of hydrogen-bond acceptors (Lipinski definition) is 5. The minimum atomic E-state index is -1.26. The molecule has 0 radical (unpaired) electrons. The van der Waals surface area contributed by atoms with Crippen LogP contribution in [-0.2, 0) is 16.1 Å². The Morgan fingerprint density at radius 1 is 1.06 bits per heavy atom. The van der Waals surface area contributed by atoms with Gasteiger partial charge < -0.3 is 14.9 Å². The first kappa shape index (κ1) is 24.0. The molecule has 1 aromatic carbocycles. The van der Waals surface area contributed by atoms with Crippen molar-refractivity contribution in [3.63, 3.8) is 0 Å². The summed E-state index contributed by atoms with van der Waals surface area (Å²) in [4.78, 5) is 26.0. The Morgan fingerprint density at radius 2 is 1.72 bits per heavy atom. The molecular weight excluding hydrogens is 455 g/mol. The number of rotatable bonds is 6. The fraction of sp³-hybridized carbons (Fsp3) is 0.348. The van der Waals surface area contributed by atoms with Crippen molar-refractivity contribution >= 4 is 35.1 Å². The van der Waals surface area contributed by atoms with Crippen LogP contribution in [0, 0.1) is 0 Å². The van der Waals surface area contributed by atoms with E-state index in [0.29, 0.717) is 34.3 Å². The highest BCUT2D eigenvalue weighted by atomic mass is 35.5. The lowest BCUT2D eigenvalue weighted by Crippen LogP contribution is -2.45. The molecule has 2 saturated heterocycles. The standard InChI is InChI=1S/C19H20Cl2N2O.C4H4O4/c20-18-6-5-16(10-19(18)21)24-17-8-14-3-4-15(9-17)23(14)12-13-2-1-7-22-11-13;5-3(6)1-2-4(7)8/h1-2,5-7,10-11,14-15,17H,3-4,8-9,12H2;1-2H,(H,5,6)(H,7,8)/b;2-1+. The quantitative estimate of drug-likeness (QED) is 0.581. The summed E-state index contributed by atoms with van der Waals surface area (Å²) in [5.41, 5.74) is 1.29. The molecule has 2 aliphatic heterocycles. The van der Waals surface area contributed by atoms with Gasteiger partial charge in [-0.1, -0.05) is 29.3 Å². The first-order valence-corrected chi connectivity index (χ1v) is 11.0. The van der Waals surface area contributed by atoms with E-state index in [4.69, 9.17) is 38.2 Å². The Labute approximate surface area is 196 Å². The molecule has 2 fully saturated rings. The number of aromatic nitrogens is 1. The molecule has 2 N–H and O–H groups in total. The molecule has 2 aliphatic rings. The van der Waals surface area contributed by atoms with Gasteiger partial charge in [0.05, 0.1) is 10.0 Å². The topological polar surface area (TPSA) is 100.0 Å². The SMILES string of the molecule is Clc1ccc(OC2CC3CCC(C2)N3Cc2cccnc2)cc1Cl.O=C(O)/C=C/C(=O)O. The molecule has 4 rings (SSSR count). The third-order valence-electron chi connectivity index (χ3n) is 5.49. The van der Waals surface area contributed by atoms with Crippen molar-refractivity contribution in [3.8, 4) is 5.75 Å². The van der Waals surface area contributed by atoms with E-state index in [1.165, 1.54) is 18.4 Å². The molecule has 2 bridgehead atoms. The number of pyridine rings is 1. The highest BCUT2D eigenvalue weighted by Crippen LogP contribution is 2.38. The Morgan fingerprint density at radius 3 is 2.25 bits per heavy atom. The maximum Gasteiger partial charge on any atom is 0.328 e. The number of benzene rings is 1. The van der Waals surface area contributed by atoms with Crippen LogP contribution in [0.4, 0.5) is 0 Å². The highest BCUT2D eigenvalue weighted by Gasteiger charge is 2.41. The van der Waals surface area contributed by atoms with Crippen molar-refractivity contribution in [2.45, 2.75) is 50.4 Å². The summed E-state index contributed by atoms with van der Waals surface area (Å²) in [6, 6.07) is 10.9. The lowest BCUT2D eigenvalue weighted by Gasteiger charge is -2.38. The average Bonchev–Trinajstić information content (AvgIpc) is 2.98. The first-order chi connectivity index (χ1) is 15.3. The van der Waals surface area contributed by atoms with Gasteiger partial charge in [-0.15, -0.1) is 0 Å². The Hall–Kier alpha value is -2.61. The number of carboxylic acid groups (broad SMARTS) is 2. The minimum absolute atomic E-state index is 0.255. The third-order valence-corrected chi connectivity index (χ3v) is 6.23. The normalized spacial score (nSPS) is 22.2. The van der Waals surface area contributed by atoms with Gasteiger partial charge in [0.15, 0.2) is 0 Å². The zero-order valence-electron chi connectivity index (χ0n) is 17.2. The fourth-order valence-corrected chi connectivity index (χ4v) is 4.45. The smallest absolute Gasteiger partial charge is 0.328 e. The number of nitrogens with zero attached hydrogens (tertiary/aromatic N) is 2. The summed E-state index contributed by atoms with van der Waals surface area (Å²) >= 11 is 12.1. The number of hydrogen-bond donors (Lipinski definition) is 2. The van der Waals surface area contributed by atoms with E-state index in [-0.39, 0.29) is 6.10 Å². The molecule has 2 atom stereocenters. The predicted octanol–water partition coefficient (Wildman–Crippen LogP) is 4.67. The van der Waals surface area contributed by atoms with Crippen molar-refractivity contribution in [2.75, 3.05) is 0 Å². The lowest BCUT2D eigenvalue weighted by atomic mass is 9.99. The highest BCUT2D eigenvalue weighted by molar-refractivity contribution is 6.42. The van der Waals surface area contributed by atoms with Crippen LogP contribution in [0.3, 0.4) is 0 Å². The lowest BCUT2D eigenvalue weighted by molar-refractivity contribution is -0.134. The van der Waals surface area contributed by atoms with E-state index >= 15 is 0 Å². The van der Waals surface area contributed by atoms with Crippen molar-refractivity contribution in [2.24, 2.45) is 0 Å². The summed E-state index contributed by atoms with van der Waals surface area (Å²) in [6.45, 7) is 0.989. The molecular formula is C23H24Cl2N2O5. The van der Waals surface area contributed by atoms with Crippen LogP contribution in [0.1, 0.15) is 31.2 Å². The minimum Gasteiger partial charge on any atom is -0.490 e. The average molecular weight is 479 g/mol. The van der Waals surface area contributed by atoms with Crippen molar-refractivity contribution < 1.29 is 24.5 Å². The van der Waals surface area contributed by atoms with Crippen molar-refractivity contribution in [1.82, 2.24) is 9.88 Å². The summed E-state index contributed by atoms with van der Waals surface area (Å²) in [5.74, 6) is -1.70. The number of ether oxygens (including phenoxy) is 1. The van der Waals surface area contributed by atoms with Gasteiger partial charge in [-0.25, -0.2) is 9.59 Å². The van der Waals surface area contributed by atoms with Crippen molar-refractivity contribution in [1.29, 1.82) is 0 Å². The number of aliphatic carboxylic acids is 2. The van der Waals surface area contributed by atoms with Gasteiger partial charge in [0.25, 0.3) is 0 Å². The van der Waals surface area contributed by atoms with Crippen LogP contribution in [0.2, 0.25) is 10.0 Å². The maximum absolute atomic E-state index is 9.55. The summed E-state index contributed by atoms with van der Waals surface area (Å²) < 4.78 is 6.19. The zero-order chi connectivity index (χ0) is 23.1. The number of piperidine rings is 1. The summed E-state index contributed by atoms with van der Waals surface area (Å²) in [5, 5.41) is 16.7. The maximum atomic E-state index is 9.55. The van der Waals surface area contributed by atoms with Crippen LogP contribution in [0.15, 0.2) is 54.9 Å². The molecule has 9 heteroatoms. The second-order valence-electron chi connectivity index (χ2n) is 7.72. The molecule has 7 nitrogen and oxygen atoms in total. The molecule has 0 aliphatic carbocycles. The monoisotopic (exact) mass is 478 g/mol. The van der Waals surface area contributed by atoms with E-state index in [1.807, 2.05) is 30.6 Å². The Balaban J connectivity index is 0.000000312. The third kappa shape index (κ3) is 6.95. The van der Waals surface area contributed by atoms with E-state index in [0.717, 1.165) is 25.1 Å². The zero-order valence-corrected chi connectivity index (χ0v) is 18.7. The van der Waals surface area contributed by atoms with Crippen molar-refractivity contribution in [3.05, 3.63) is 70.5 Å². The summed E-state index contributed by atoms with van der Waals surface area (Å²) in [6.07, 6.45) is 9.81. The second kappa shape index (κ2) is 11.3. The van der Waals surface area contributed by atoms with Crippen LogP contribution in [0.25, 0.3) is 0 Å². The number of carboxylic acids is 2. The number of fused-ring (bicyclic) bond motifs is 2. The molecule has 3 heterocycles. The largest absolute Gasteiger partial charge is 0.490 e. The van der Waals surface area contributed by atoms with Gasteiger partial charge in [-0.3, -0.25) is 9.88 Å². The Bertz CT molecular complexity index is 940. The second-order valence-corrected chi connectivity index (χ2v) is 8.53. The van der Waals surface area contributed by atoms with E-state index in [1.54, 1.807) is 6.07 Å². The summed E-state index contributed by atoms with van der Waals surface area (Å²) in [7, 11) is 0. The molecule has 1 aromatic heterocycles. The van der Waals surface area contributed by atoms with Crippen LogP contribution >= 0.6 is 23.2 Å². The van der Waals surface area contributed by atoms with Crippen LogP contribution < -0.4 is 4.74 Å². The van der Waals surface area contributed by atoms with Gasteiger partial charge in [-0.05, 0) is 49.4 Å². The fourth-order valence-electron chi connectivity index (χ4n) is 4.17. The van der Waals surface area contributed by atoms with Gasteiger partial charge in [-0.2, -0.15) is 0 Å². The van der Waals surface area contributed by atoms with Gasteiger partial charge in [0.2, 0.25) is 0 Å². The molecule has 2 aromatic rings. The van der Waals surface area contributed by atoms with E-state index in [9.17, 15) is 9.59 Å². The van der Waals surface area contributed by atoms with Gasteiger partial charge in [0, 0.05) is 49.2 Å².